The minimum Gasteiger partial charge on any atom is -0.481 e. The van der Waals surface area contributed by atoms with Crippen LogP contribution in [0.5, 0.6) is 0 Å². The van der Waals surface area contributed by atoms with Gasteiger partial charge in [0.15, 0.2) is 0 Å². The third-order valence-corrected chi connectivity index (χ3v) is 3.27. The van der Waals surface area contributed by atoms with Crippen molar-refractivity contribution in [1.82, 2.24) is 4.90 Å². The largest absolute Gasteiger partial charge is 0.481 e. The summed E-state index contributed by atoms with van der Waals surface area (Å²) in [5.74, 6) is -3.44. The Kier molecular flexibility index (Phi) is 2.36. The average Bonchev–Trinajstić information content (AvgIpc) is 2.16. The Labute approximate surface area is 89.0 Å². The highest BCUT2D eigenvalue weighted by atomic mass is 19.4. The second-order valence-corrected chi connectivity index (χ2v) is 4.26. The van der Waals surface area contributed by atoms with Crippen molar-refractivity contribution >= 4 is 11.9 Å². The van der Waals surface area contributed by atoms with Gasteiger partial charge in [-0.2, -0.15) is 13.2 Å². The van der Waals surface area contributed by atoms with Gasteiger partial charge in [-0.15, -0.1) is 0 Å². The molecule has 7 heteroatoms. The van der Waals surface area contributed by atoms with Gasteiger partial charge in [0.2, 0.25) is 0 Å². The summed E-state index contributed by atoms with van der Waals surface area (Å²) in [5, 5.41) is 8.74. The molecule has 2 bridgehead atoms. The smallest absolute Gasteiger partial charge is 0.471 e. The van der Waals surface area contributed by atoms with E-state index in [1.54, 1.807) is 0 Å². The first-order valence-electron chi connectivity index (χ1n) is 4.93. The maximum absolute atomic E-state index is 12.2. The van der Waals surface area contributed by atoms with Crippen molar-refractivity contribution in [1.29, 1.82) is 0 Å². The fourth-order valence-corrected chi connectivity index (χ4v) is 2.55. The van der Waals surface area contributed by atoms with Crippen LogP contribution >= 0.6 is 0 Å². The third kappa shape index (κ3) is 1.64. The Morgan fingerprint density at radius 2 is 1.62 bits per heavy atom. The molecule has 16 heavy (non-hydrogen) atoms. The van der Waals surface area contributed by atoms with Crippen LogP contribution in [0.1, 0.15) is 19.3 Å². The van der Waals surface area contributed by atoms with Gasteiger partial charge in [-0.25, -0.2) is 0 Å². The molecule has 0 aromatic rings. The van der Waals surface area contributed by atoms with Crippen LogP contribution in [0.25, 0.3) is 0 Å². The van der Waals surface area contributed by atoms with Crippen molar-refractivity contribution in [3.8, 4) is 0 Å². The standard InChI is InChI=1S/C9H10F3NO3/c10-9(11,12)8(16)13-5-1-4(7(14)15)2-6(13)3-5/h4-6H,1-3H2,(H,14,15)/t4?,5-,6+. The quantitative estimate of drug-likeness (QED) is 0.740. The zero-order valence-corrected chi connectivity index (χ0v) is 8.20. The maximum atomic E-state index is 12.2. The summed E-state index contributed by atoms with van der Waals surface area (Å²) in [5.41, 5.74) is 0. The molecule has 0 aromatic carbocycles. The van der Waals surface area contributed by atoms with Crippen molar-refractivity contribution in [2.24, 2.45) is 5.92 Å². The van der Waals surface area contributed by atoms with E-state index in [0.29, 0.717) is 6.42 Å². The van der Waals surface area contributed by atoms with Crippen LogP contribution in [0.3, 0.4) is 0 Å². The number of piperidine rings is 1. The summed E-state index contributed by atoms with van der Waals surface area (Å²) < 4.78 is 36.5. The minimum absolute atomic E-state index is 0.133. The molecule has 2 heterocycles. The fraction of sp³-hybridized carbons (Fsp3) is 0.778. The summed E-state index contributed by atoms with van der Waals surface area (Å²) in [6.07, 6.45) is -4.10. The molecule has 3 fully saturated rings. The topological polar surface area (TPSA) is 57.6 Å². The van der Waals surface area contributed by atoms with Crippen LogP contribution < -0.4 is 0 Å². The Bertz CT molecular complexity index is 329. The molecule has 3 rings (SSSR count). The summed E-state index contributed by atoms with van der Waals surface area (Å²) in [6, 6.07) is -1.09. The van der Waals surface area contributed by atoms with E-state index in [1.165, 1.54) is 0 Å². The Hall–Kier alpha value is -1.27. The van der Waals surface area contributed by atoms with E-state index in [0.717, 1.165) is 4.90 Å². The number of carbonyl (C=O) groups is 2. The molecule has 0 spiro atoms. The van der Waals surface area contributed by atoms with Crippen LogP contribution in [0.4, 0.5) is 13.2 Å². The highest BCUT2D eigenvalue weighted by Crippen LogP contribution is 2.43. The van der Waals surface area contributed by atoms with Gasteiger partial charge in [-0.3, -0.25) is 9.59 Å². The lowest BCUT2D eigenvalue weighted by Gasteiger charge is -2.54. The molecule has 0 aromatic heterocycles. The zero-order chi connectivity index (χ0) is 12.1. The molecule has 0 radical (unpaired) electrons. The highest BCUT2D eigenvalue weighted by Gasteiger charge is 2.55. The predicted octanol–water partition coefficient (Wildman–Crippen LogP) is 1.01. The number of aliphatic carboxylic acids is 1. The molecule has 3 atom stereocenters. The van der Waals surface area contributed by atoms with Crippen molar-refractivity contribution in [2.75, 3.05) is 0 Å². The molecule has 1 N–H and O–H groups in total. The number of carboxylic acids is 1. The molecule has 1 amide bonds. The first-order chi connectivity index (χ1) is 7.30. The molecule has 3 aliphatic rings. The summed E-state index contributed by atoms with van der Waals surface area (Å²) >= 11 is 0. The monoisotopic (exact) mass is 237 g/mol. The molecule has 2 saturated heterocycles. The van der Waals surface area contributed by atoms with E-state index >= 15 is 0 Å². The highest BCUT2D eigenvalue weighted by molar-refractivity contribution is 5.84. The number of fused-ring (bicyclic) bond motifs is 2. The number of amides is 1. The number of nitrogens with zero attached hydrogens (tertiary/aromatic N) is 1. The van der Waals surface area contributed by atoms with Crippen LogP contribution in [0.2, 0.25) is 0 Å². The van der Waals surface area contributed by atoms with E-state index in [1.807, 2.05) is 0 Å². The van der Waals surface area contributed by atoms with Gasteiger partial charge in [0.05, 0.1) is 5.92 Å². The lowest BCUT2D eigenvalue weighted by atomic mass is 9.73. The number of alkyl halides is 3. The van der Waals surface area contributed by atoms with E-state index in [2.05, 4.69) is 0 Å². The normalized spacial score (nSPS) is 33.2. The SMILES string of the molecule is O=C(O)C1C[C@@H]2C[C@H](C1)N2C(=O)C(F)(F)F. The molecule has 90 valence electrons. The van der Waals surface area contributed by atoms with Gasteiger partial charge >= 0.3 is 18.1 Å². The fourth-order valence-electron chi connectivity index (χ4n) is 2.55. The Morgan fingerprint density at radius 1 is 1.12 bits per heavy atom. The molecule has 4 nitrogen and oxygen atoms in total. The van der Waals surface area contributed by atoms with E-state index in [4.69, 9.17) is 5.11 Å². The Morgan fingerprint density at radius 3 is 2.00 bits per heavy atom. The Balaban J connectivity index is 2.04. The molecular formula is C9H10F3NO3. The number of carboxylic acid groups (broad SMARTS) is 1. The second-order valence-electron chi connectivity index (χ2n) is 4.26. The lowest BCUT2D eigenvalue weighted by Crippen LogP contribution is -2.66. The summed E-state index contributed by atoms with van der Waals surface area (Å²) in [7, 11) is 0. The first kappa shape index (κ1) is 11.2. The van der Waals surface area contributed by atoms with Crippen molar-refractivity contribution in [2.45, 2.75) is 37.5 Å². The van der Waals surface area contributed by atoms with Gasteiger partial charge in [0.1, 0.15) is 0 Å². The second kappa shape index (κ2) is 3.36. The van der Waals surface area contributed by atoms with Crippen molar-refractivity contribution in [3.63, 3.8) is 0 Å². The number of hydrogen-bond donors (Lipinski definition) is 1. The van der Waals surface area contributed by atoms with Crippen molar-refractivity contribution < 1.29 is 27.9 Å². The molecule has 1 aliphatic carbocycles. The zero-order valence-electron chi connectivity index (χ0n) is 8.20. The van der Waals surface area contributed by atoms with Gasteiger partial charge in [0.25, 0.3) is 0 Å². The number of carbonyl (C=O) groups excluding carboxylic acids is 1. The molecule has 2 aliphatic heterocycles. The van der Waals surface area contributed by atoms with Crippen LogP contribution in [-0.2, 0) is 9.59 Å². The average molecular weight is 237 g/mol. The van der Waals surface area contributed by atoms with E-state index < -0.39 is 36.1 Å². The molecule has 1 unspecified atom stereocenters. The third-order valence-electron chi connectivity index (χ3n) is 3.27. The van der Waals surface area contributed by atoms with E-state index in [-0.39, 0.29) is 12.8 Å². The summed E-state index contributed by atoms with van der Waals surface area (Å²) in [6.45, 7) is 0. The molecule has 1 saturated carbocycles. The number of halogens is 3. The van der Waals surface area contributed by atoms with Gasteiger partial charge in [-0.05, 0) is 19.3 Å². The maximum Gasteiger partial charge on any atom is 0.471 e. The van der Waals surface area contributed by atoms with Crippen LogP contribution in [0, 0.1) is 5.92 Å². The summed E-state index contributed by atoms with van der Waals surface area (Å²) in [4.78, 5) is 22.4. The first-order valence-corrected chi connectivity index (χ1v) is 4.93. The van der Waals surface area contributed by atoms with Gasteiger partial charge in [0, 0.05) is 12.1 Å². The number of rotatable bonds is 1. The van der Waals surface area contributed by atoms with Crippen LogP contribution in [0.15, 0.2) is 0 Å². The minimum atomic E-state index is -4.85. The van der Waals surface area contributed by atoms with Gasteiger partial charge < -0.3 is 10.0 Å². The van der Waals surface area contributed by atoms with Gasteiger partial charge in [-0.1, -0.05) is 0 Å². The predicted molar refractivity (Wildman–Crippen MR) is 45.5 cm³/mol. The van der Waals surface area contributed by atoms with Crippen molar-refractivity contribution in [3.05, 3.63) is 0 Å². The number of hydrogen-bond acceptors (Lipinski definition) is 2. The molecular weight excluding hydrogens is 227 g/mol. The lowest BCUT2D eigenvalue weighted by molar-refractivity contribution is -0.204. The van der Waals surface area contributed by atoms with E-state index in [9.17, 15) is 22.8 Å². The van der Waals surface area contributed by atoms with Crippen LogP contribution in [-0.4, -0.2) is 40.1 Å².